The number of carbonyl (C=O) groups is 1. The van der Waals surface area contributed by atoms with Crippen LogP contribution in [-0.2, 0) is 11.2 Å². The van der Waals surface area contributed by atoms with Gasteiger partial charge in [0.2, 0.25) is 0 Å². The number of carbonyl (C=O) groups excluding carboxylic acids is 1. The third-order valence-electron chi connectivity index (χ3n) is 4.46. The first-order chi connectivity index (χ1) is 14.5. The number of nitrogens with zero attached hydrogens (tertiary/aromatic N) is 3. The van der Waals surface area contributed by atoms with E-state index in [4.69, 9.17) is 15.7 Å². The number of benzene rings is 2. The first-order valence-corrected chi connectivity index (χ1v) is 9.11. The van der Waals surface area contributed by atoms with Crippen LogP contribution in [0.1, 0.15) is 38.8 Å². The van der Waals surface area contributed by atoms with Gasteiger partial charge in [-0.3, -0.25) is 9.78 Å². The lowest BCUT2D eigenvalue weighted by Gasteiger charge is -2.15. The van der Waals surface area contributed by atoms with Crippen molar-refractivity contribution in [3.8, 4) is 6.07 Å². The van der Waals surface area contributed by atoms with Crippen LogP contribution in [0.3, 0.4) is 0 Å². The van der Waals surface area contributed by atoms with Gasteiger partial charge in [-0.1, -0.05) is 36.4 Å². The number of Topliss-reactive ketones (excluding diaryl/α,β-unsaturated/α-hetero) is 1. The minimum atomic E-state index is -0.520. The van der Waals surface area contributed by atoms with E-state index in [1.54, 1.807) is 18.2 Å². The summed E-state index contributed by atoms with van der Waals surface area (Å²) in [5.74, 6) is -0.523. The molecular weight excluding hydrogens is 383 g/mol. The molecule has 1 heterocycles. The predicted molar refractivity (Wildman–Crippen MR) is 110 cm³/mol. The Morgan fingerprint density at radius 1 is 1.20 bits per heavy atom. The molecule has 0 spiro atoms. The van der Waals surface area contributed by atoms with E-state index in [0.717, 1.165) is 16.7 Å². The zero-order valence-electron chi connectivity index (χ0n) is 16.2. The van der Waals surface area contributed by atoms with Crippen molar-refractivity contribution in [3.63, 3.8) is 0 Å². The molecule has 2 N–H and O–H groups in total. The average Bonchev–Trinajstić information content (AvgIpc) is 2.78. The summed E-state index contributed by atoms with van der Waals surface area (Å²) in [5.41, 5.74) is 8.72. The lowest BCUT2D eigenvalue weighted by Crippen LogP contribution is -2.16. The Morgan fingerprint density at radius 3 is 2.60 bits per heavy atom. The molecule has 2 aromatic carbocycles. The summed E-state index contributed by atoms with van der Waals surface area (Å²) in [6.45, 7) is 0. The second-order valence-corrected chi connectivity index (χ2v) is 6.51. The average molecular weight is 402 g/mol. The minimum absolute atomic E-state index is 0.00686. The molecule has 0 fully saturated rings. The number of aliphatic imine (C=N–C) groups is 1. The summed E-state index contributed by atoms with van der Waals surface area (Å²) in [6, 6.07) is 17.9. The van der Waals surface area contributed by atoms with E-state index in [-0.39, 0.29) is 29.7 Å². The highest BCUT2D eigenvalue weighted by molar-refractivity contribution is 5.95. The van der Waals surface area contributed by atoms with Crippen molar-refractivity contribution in [2.24, 2.45) is 10.7 Å². The number of halogens is 1. The highest BCUT2D eigenvalue weighted by Gasteiger charge is 2.16. The van der Waals surface area contributed by atoms with Gasteiger partial charge < -0.3 is 10.5 Å². The molecule has 3 aromatic rings. The standard InChI is InChI=1S/C23H19FN4O2/c1-30-23(26)28-22(17-6-8-19(24)9-7-17)18-4-2-3-15(11-18)12-21(29)20-10-5-16(13-25)14-27-20/h2-11,14,22H,12H2,1H3,(H2,26,28)/t22-/m1/s1. The zero-order chi connectivity index (χ0) is 21.5. The molecule has 30 heavy (non-hydrogen) atoms. The number of pyridine rings is 1. The van der Waals surface area contributed by atoms with Crippen molar-refractivity contribution in [2.45, 2.75) is 12.5 Å². The normalized spacial score (nSPS) is 12.1. The maximum Gasteiger partial charge on any atom is 0.282 e. The van der Waals surface area contributed by atoms with Crippen LogP contribution in [0.15, 0.2) is 71.9 Å². The molecule has 3 rings (SSSR count). The first-order valence-electron chi connectivity index (χ1n) is 9.11. The van der Waals surface area contributed by atoms with Gasteiger partial charge >= 0.3 is 0 Å². The third kappa shape index (κ3) is 5.06. The van der Waals surface area contributed by atoms with Gasteiger partial charge in [-0.25, -0.2) is 9.38 Å². The van der Waals surface area contributed by atoms with E-state index in [1.807, 2.05) is 30.3 Å². The van der Waals surface area contributed by atoms with Gasteiger partial charge in [0.15, 0.2) is 5.78 Å². The van der Waals surface area contributed by atoms with E-state index in [0.29, 0.717) is 5.56 Å². The number of amidine groups is 1. The topological polar surface area (TPSA) is 101 Å². The highest BCUT2D eigenvalue weighted by atomic mass is 19.1. The molecule has 7 heteroatoms. The van der Waals surface area contributed by atoms with Crippen molar-refractivity contribution in [1.82, 2.24) is 4.98 Å². The van der Waals surface area contributed by atoms with E-state index in [9.17, 15) is 9.18 Å². The van der Waals surface area contributed by atoms with Crippen LogP contribution in [-0.4, -0.2) is 23.9 Å². The van der Waals surface area contributed by atoms with E-state index < -0.39 is 6.04 Å². The van der Waals surface area contributed by atoms with Crippen LogP contribution in [0, 0.1) is 17.1 Å². The molecule has 0 aliphatic heterocycles. The fraction of sp³-hybridized carbons (Fsp3) is 0.130. The van der Waals surface area contributed by atoms with Crippen LogP contribution in [0.4, 0.5) is 4.39 Å². The highest BCUT2D eigenvalue weighted by Crippen LogP contribution is 2.27. The molecule has 0 aliphatic rings. The lowest BCUT2D eigenvalue weighted by atomic mass is 9.96. The number of rotatable bonds is 6. The summed E-state index contributed by atoms with van der Waals surface area (Å²) < 4.78 is 18.3. The van der Waals surface area contributed by atoms with Crippen LogP contribution in [0.5, 0.6) is 0 Å². The quantitative estimate of drug-likeness (QED) is 0.386. The summed E-state index contributed by atoms with van der Waals surface area (Å²) in [5, 5.41) is 8.85. The van der Waals surface area contributed by atoms with Gasteiger partial charge in [-0.2, -0.15) is 5.26 Å². The number of nitrogens with two attached hydrogens (primary N) is 1. The van der Waals surface area contributed by atoms with Gasteiger partial charge in [-0.15, -0.1) is 0 Å². The van der Waals surface area contributed by atoms with Crippen LogP contribution < -0.4 is 5.73 Å². The molecular formula is C23H19FN4O2. The number of nitriles is 1. The fourth-order valence-electron chi connectivity index (χ4n) is 2.94. The number of ketones is 1. The largest absolute Gasteiger partial charge is 0.469 e. The van der Waals surface area contributed by atoms with Crippen molar-refractivity contribution >= 4 is 11.8 Å². The number of methoxy groups -OCH3 is 1. The smallest absolute Gasteiger partial charge is 0.282 e. The van der Waals surface area contributed by atoms with Gasteiger partial charge in [0, 0.05) is 12.6 Å². The first kappa shape index (κ1) is 20.7. The van der Waals surface area contributed by atoms with Crippen LogP contribution in [0.2, 0.25) is 0 Å². The molecule has 0 amide bonds. The monoisotopic (exact) mass is 402 g/mol. The summed E-state index contributed by atoms with van der Waals surface area (Å²) in [4.78, 5) is 21.0. The predicted octanol–water partition coefficient (Wildman–Crippen LogP) is 3.57. The number of hydrogen-bond acceptors (Lipinski definition) is 5. The summed E-state index contributed by atoms with van der Waals surface area (Å²) in [7, 11) is 1.42. The maximum absolute atomic E-state index is 13.4. The van der Waals surface area contributed by atoms with Crippen molar-refractivity contribution in [1.29, 1.82) is 5.26 Å². The second-order valence-electron chi connectivity index (χ2n) is 6.51. The molecule has 0 bridgehead atoms. The van der Waals surface area contributed by atoms with Crippen LogP contribution in [0.25, 0.3) is 0 Å². The van der Waals surface area contributed by atoms with E-state index in [2.05, 4.69) is 9.98 Å². The van der Waals surface area contributed by atoms with Gasteiger partial charge in [-0.05, 0) is 41.0 Å². The Kier molecular flexibility index (Phi) is 6.50. The molecule has 0 radical (unpaired) electrons. The molecule has 1 atom stereocenters. The number of hydrogen-bond donors (Lipinski definition) is 1. The van der Waals surface area contributed by atoms with Crippen molar-refractivity contribution in [3.05, 3.63) is 101 Å². The van der Waals surface area contributed by atoms with Gasteiger partial charge in [0.25, 0.3) is 6.02 Å². The van der Waals surface area contributed by atoms with Gasteiger partial charge in [0.05, 0.1) is 12.7 Å². The number of ether oxygens (including phenoxy) is 1. The molecule has 6 nitrogen and oxygen atoms in total. The molecule has 1 aromatic heterocycles. The maximum atomic E-state index is 13.4. The zero-order valence-corrected chi connectivity index (χ0v) is 16.2. The summed E-state index contributed by atoms with van der Waals surface area (Å²) >= 11 is 0. The molecule has 0 saturated carbocycles. The van der Waals surface area contributed by atoms with Crippen molar-refractivity contribution < 1.29 is 13.9 Å². The molecule has 150 valence electrons. The molecule has 0 saturated heterocycles. The second kappa shape index (κ2) is 9.43. The Morgan fingerprint density at radius 2 is 1.97 bits per heavy atom. The number of aromatic nitrogens is 1. The van der Waals surface area contributed by atoms with Crippen molar-refractivity contribution in [2.75, 3.05) is 7.11 Å². The summed E-state index contributed by atoms with van der Waals surface area (Å²) in [6.07, 6.45) is 1.50. The minimum Gasteiger partial charge on any atom is -0.469 e. The Labute approximate surface area is 173 Å². The van der Waals surface area contributed by atoms with Gasteiger partial charge in [0.1, 0.15) is 23.6 Å². The Hall–Kier alpha value is -4.05. The third-order valence-corrected chi connectivity index (χ3v) is 4.46. The SMILES string of the molecule is COC(N)=N[C@H](c1ccc(F)cc1)c1cccc(CC(=O)c2ccc(C#N)cn2)c1. The fourth-order valence-corrected chi connectivity index (χ4v) is 2.94. The lowest BCUT2D eigenvalue weighted by molar-refractivity contribution is 0.0988. The van der Waals surface area contributed by atoms with E-state index >= 15 is 0 Å². The Bertz CT molecular complexity index is 1100. The Balaban J connectivity index is 1.89. The molecule has 0 unspecified atom stereocenters. The van der Waals surface area contributed by atoms with Crippen LogP contribution >= 0.6 is 0 Å². The molecule has 0 aliphatic carbocycles. The van der Waals surface area contributed by atoms with E-state index in [1.165, 1.54) is 31.5 Å².